The van der Waals surface area contributed by atoms with Crippen LogP contribution in [0.25, 0.3) is 0 Å². The molecule has 1 rings (SSSR count). The fraction of sp³-hybridized carbons (Fsp3) is 0.417. The molecule has 0 saturated heterocycles. The van der Waals surface area contributed by atoms with Crippen molar-refractivity contribution >= 4 is 17.5 Å². The third-order valence-corrected chi connectivity index (χ3v) is 2.60. The molecule has 0 fully saturated rings. The predicted octanol–water partition coefficient (Wildman–Crippen LogP) is 2.26. The minimum atomic E-state index is -0.0306. The minimum Gasteiger partial charge on any atom is -0.350 e. The SMILES string of the molecule is CC(=O)N[C@@H](CCCN)c1ccc(Cl)cc1. The molecule has 1 amide bonds. The molecular formula is C12H17ClN2O. The van der Waals surface area contributed by atoms with Crippen molar-refractivity contribution in [1.82, 2.24) is 5.32 Å². The Morgan fingerprint density at radius 2 is 2.06 bits per heavy atom. The van der Waals surface area contributed by atoms with Crippen molar-refractivity contribution in [3.63, 3.8) is 0 Å². The molecule has 1 aromatic rings. The maximum Gasteiger partial charge on any atom is 0.217 e. The number of hydrogen-bond donors (Lipinski definition) is 2. The summed E-state index contributed by atoms with van der Waals surface area (Å²) in [5.41, 5.74) is 6.54. The van der Waals surface area contributed by atoms with Crippen LogP contribution in [0.1, 0.15) is 31.4 Å². The van der Waals surface area contributed by atoms with Gasteiger partial charge in [0.1, 0.15) is 0 Å². The largest absolute Gasteiger partial charge is 0.350 e. The van der Waals surface area contributed by atoms with Crippen molar-refractivity contribution in [2.45, 2.75) is 25.8 Å². The lowest BCUT2D eigenvalue weighted by atomic mass is 10.0. The molecule has 0 aliphatic carbocycles. The normalized spacial score (nSPS) is 12.2. The summed E-state index contributed by atoms with van der Waals surface area (Å²) in [6, 6.07) is 7.54. The lowest BCUT2D eigenvalue weighted by molar-refractivity contribution is -0.119. The first-order chi connectivity index (χ1) is 7.63. The Balaban J connectivity index is 2.74. The minimum absolute atomic E-state index is 0.0262. The number of halogens is 1. The topological polar surface area (TPSA) is 55.1 Å². The van der Waals surface area contributed by atoms with Crippen molar-refractivity contribution in [3.05, 3.63) is 34.9 Å². The number of nitrogens with two attached hydrogens (primary N) is 1. The van der Waals surface area contributed by atoms with E-state index in [9.17, 15) is 4.79 Å². The molecule has 3 nitrogen and oxygen atoms in total. The molecule has 0 heterocycles. The van der Waals surface area contributed by atoms with Crippen LogP contribution in [0.15, 0.2) is 24.3 Å². The predicted molar refractivity (Wildman–Crippen MR) is 66.3 cm³/mol. The number of carbonyl (C=O) groups is 1. The fourth-order valence-electron chi connectivity index (χ4n) is 1.58. The Bertz CT molecular complexity index is 337. The summed E-state index contributed by atoms with van der Waals surface area (Å²) in [5.74, 6) is -0.0306. The Labute approximate surface area is 101 Å². The molecule has 3 N–H and O–H groups in total. The van der Waals surface area contributed by atoms with Crippen LogP contribution in [0.4, 0.5) is 0 Å². The number of benzene rings is 1. The third-order valence-electron chi connectivity index (χ3n) is 2.35. The van der Waals surface area contributed by atoms with Gasteiger partial charge >= 0.3 is 0 Å². The number of amides is 1. The molecule has 1 aromatic carbocycles. The van der Waals surface area contributed by atoms with E-state index in [4.69, 9.17) is 17.3 Å². The van der Waals surface area contributed by atoms with Crippen molar-refractivity contribution in [1.29, 1.82) is 0 Å². The smallest absolute Gasteiger partial charge is 0.217 e. The van der Waals surface area contributed by atoms with Gasteiger partial charge in [0.2, 0.25) is 5.91 Å². The second-order valence-corrected chi connectivity index (χ2v) is 4.17. The highest BCUT2D eigenvalue weighted by molar-refractivity contribution is 6.30. The van der Waals surface area contributed by atoms with Crippen molar-refractivity contribution in [3.8, 4) is 0 Å². The molecule has 88 valence electrons. The highest BCUT2D eigenvalue weighted by atomic mass is 35.5. The quantitative estimate of drug-likeness (QED) is 0.830. The summed E-state index contributed by atoms with van der Waals surface area (Å²) in [4.78, 5) is 11.1. The van der Waals surface area contributed by atoms with Gasteiger partial charge in [-0.15, -0.1) is 0 Å². The van der Waals surface area contributed by atoms with E-state index < -0.39 is 0 Å². The molecule has 0 radical (unpaired) electrons. The van der Waals surface area contributed by atoms with Crippen LogP contribution in [0, 0.1) is 0 Å². The van der Waals surface area contributed by atoms with E-state index >= 15 is 0 Å². The van der Waals surface area contributed by atoms with Gasteiger partial charge in [0.05, 0.1) is 6.04 Å². The molecule has 0 unspecified atom stereocenters. The second-order valence-electron chi connectivity index (χ2n) is 3.74. The summed E-state index contributed by atoms with van der Waals surface area (Å²) in [5, 5.41) is 3.61. The zero-order chi connectivity index (χ0) is 12.0. The fourth-order valence-corrected chi connectivity index (χ4v) is 1.71. The molecule has 4 heteroatoms. The average molecular weight is 241 g/mol. The summed E-state index contributed by atoms with van der Waals surface area (Å²) >= 11 is 5.82. The van der Waals surface area contributed by atoms with Gasteiger partial charge in [-0.05, 0) is 37.1 Å². The molecule has 0 aliphatic heterocycles. The van der Waals surface area contributed by atoms with Crippen LogP contribution in [0.5, 0.6) is 0 Å². The van der Waals surface area contributed by atoms with Gasteiger partial charge < -0.3 is 11.1 Å². The van der Waals surface area contributed by atoms with Crippen molar-refractivity contribution in [2.24, 2.45) is 5.73 Å². The van der Waals surface area contributed by atoms with E-state index in [1.807, 2.05) is 24.3 Å². The molecule has 0 bridgehead atoms. The molecular weight excluding hydrogens is 224 g/mol. The number of nitrogens with one attached hydrogen (secondary N) is 1. The zero-order valence-electron chi connectivity index (χ0n) is 9.37. The van der Waals surface area contributed by atoms with Gasteiger partial charge in [0.15, 0.2) is 0 Å². The molecule has 16 heavy (non-hydrogen) atoms. The highest BCUT2D eigenvalue weighted by Gasteiger charge is 2.11. The standard InChI is InChI=1S/C12H17ClN2O/c1-9(16)15-12(3-2-8-14)10-4-6-11(13)7-5-10/h4-7,12H,2-3,8,14H2,1H3,(H,15,16)/t12-/m0/s1. The number of hydrogen-bond acceptors (Lipinski definition) is 2. The van der Waals surface area contributed by atoms with E-state index in [0.717, 1.165) is 18.4 Å². The Hall–Kier alpha value is -1.06. The van der Waals surface area contributed by atoms with E-state index in [1.54, 1.807) is 0 Å². The molecule has 0 saturated carbocycles. The summed E-state index contributed by atoms with van der Waals surface area (Å²) in [6.45, 7) is 2.15. The number of rotatable bonds is 5. The average Bonchev–Trinajstić information content (AvgIpc) is 2.25. The van der Waals surface area contributed by atoms with Crippen molar-refractivity contribution < 1.29 is 4.79 Å². The summed E-state index contributed by atoms with van der Waals surface area (Å²) in [7, 11) is 0. The van der Waals surface area contributed by atoms with Crippen LogP contribution in [-0.2, 0) is 4.79 Å². The van der Waals surface area contributed by atoms with Gasteiger partial charge in [-0.3, -0.25) is 4.79 Å². The maximum absolute atomic E-state index is 11.1. The first-order valence-corrected chi connectivity index (χ1v) is 5.74. The lowest BCUT2D eigenvalue weighted by Crippen LogP contribution is -2.26. The van der Waals surface area contributed by atoms with Crippen molar-refractivity contribution in [2.75, 3.05) is 6.54 Å². The van der Waals surface area contributed by atoms with Gasteiger partial charge in [-0.2, -0.15) is 0 Å². The maximum atomic E-state index is 11.1. The van der Waals surface area contributed by atoms with Gasteiger partial charge in [-0.25, -0.2) is 0 Å². The van der Waals surface area contributed by atoms with Gasteiger partial charge in [0, 0.05) is 11.9 Å². The summed E-state index contributed by atoms with van der Waals surface area (Å²) in [6.07, 6.45) is 1.73. The molecule has 0 aliphatic rings. The van der Waals surface area contributed by atoms with Crippen LogP contribution in [-0.4, -0.2) is 12.5 Å². The Kier molecular flexibility index (Phi) is 5.29. The first-order valence-electron chi connectivity index (χ1n) is 5.36. The molecule has 1 atom stereocenters. The van der Waals surface area contributed by atoms with E-state index in [-0.39, 0.29) is 11.9 Å². The number of carbonyl (C=O) groups excluding carboxylic acids is 1. The van der Waals surface area contributed by atoms with Gasteiger partial charge in [0.25, 0.3) is 0 Å². The Morgan fingerprint density at radius 3 is 2.56 bits per heavy atom. The van der Waals surface area contributed by atoms with Gasteiger partial charge in [-0.1, -0.05) is 23.7 Å². The van der Waals surface area contributed by atoms with Crippen LogP contribution in [0.2, 0.25) is 5.02 Å². The highest BCUT2D eigenvalue weighted by Crippen LogP contribution is 2.20. The Morgan fingerprint density at radius 1 is 1.44 bits per heavy atom. The summed E-state index contributed by atoms with van der Waals surface area (Å²) < 4.78 is 0. The third kappa shape index (κ3) is 4.21. The van der Waals surface area contributed by atoms with E-state index in [1.165, 1.54) is 6.92 Å². The van der Waals surface area contributed by atoms with Crippen LogP contribution < -0.4 is 11.1 Å². The van der Waals surface area contributed by atoms with Crippen LogP contribution in [0.3, 0.4) is 0 Å². The van der Waals surface area contributed by atoms with E-state index in [0.29, 0.717) is 11.6 Å². The molecule has 0 spiro atoms. The zero-order valence-corrected chi connectivity index (χ0v) is 10.1. The second kappa shape index (κ2) is 6.51. The lowest BCUT2D eigenvalue weighted by Gasteiger charge is -2.18. The first kappa shape index (κ1) is 13.0. The monoisotopic (exact) mass is 240 g/mol. The molecule has 0 aromatic heterocycles. The van der Waals surface area contributed by atoms with Crippen LogP contribution >= 0.6 is 11.6 Å². The van der Waals surface area contributed by atoms with E-state index in [2.05, 4.69) is 5.32 Å².